The van der Waals surface area contributed by atoms with Crippen LogP contribution < -0.4 is 11.1 Å². The topological polar surface area (TPSA) is 55.1 Å². The van der Waals surface area contributed by atoms with Crippen molar-refractivity contribution in [3.63, 3.8) is 0 Å². The molecule has 0 bridgehead atoms. The number of nitrogens with one attached hydrogen (secondary N) is 1. The predicted molar refractivity (Wildman–Crippen MR) is 74.1 cm³/mol. The van der Waals surface area contributed by atoms with Gasteiger partial charge in [-0.05, 0) is 48.5 Å². The summed E-state index contributed by atoms with van der Waals surface area (Å²) >= 11 is 1.93. The Kier molecular flexibility index (Phi) is 4.47. The average molecular weight is 268 g/mol. The third-order valence-corrected chi connectivity index (χ3v) is 4.15. The van der Waals surface area contributed by atoms with Crippen LogP contribution in [0.25, 0.3) is 0 Å². The van der Waals surface area contributed by atoms with E-state index in [-0.39, 0.29) is 5.91 Å². The van der Waals surface area contributed by atoms with Crippen LogP contribution in [-0.4, -0.2) is 17.4 Å². The molecular weight excluding hydrogens is 251 g/mol. The number of carbonyl (C=O) groups is 1. The van der Waals surface area contributed by atoms with Gasteiger partial charge in [0.2, 0.25) is 5.91 Å². The number of thioether (sulfide) groups is 1. The Morgan fingerprint density at radius 3 is 2.89 bits per heavy atom. The second-order valence-electron chi connectivity index (χ2n) is 4.54. The van der Waals surface area contributed by atoms with Gasteiger partial charge in [-0.15, -0.1) is 0 Å². The number of amides is 1. The van der Waals surface area contributed by atoms with E-state index in [1.54, 1.807) is 0 Å². The van der Waals surface area contributed by atoms with Gasteiger partial charge in [-0.1, -0.05) is 0 Å². The van der Waals surface area contributed by atoms with Crippen LogP contribution in [0.5, 0.6) is 0 Å². The maximum atomic E-state index is 13.0. The molecule has 0 radical (unpaired) electrons. The lowest BCUT2D eigenvalue weighted by molar-refractivity contribution is -0.117. The maximum absolute atomic E-state index is 13.0. The fourth-order valence-electron chi connectivity index (χ4n) is 2.05. The highest BCUT2D eigenvalue weighted by atomic mass is 32.2. The highest BCUT2D eigenvalue weighted by molar-refractivity contribution is 7.99. The molecule has 0 spiro atoms. The SMILES string of the molecule is Nc1ccc(F)cc1NC(=O)CC1CCSCC1. The van der Waals surface area contributed by atoms with Crippen molar-refractivity contribution >= 4 is 29.0 Å². The van der Waals surface area contributed by atoms with E-state index in [0.717, 1.165) is 24.3 Å². The van der Waals surface area contributed by atoms with Crippen LogP contribution in [0, 0.1) is 11.7 Å². The molecule has 0 unspecified atom stereocenters. The zero-order valence-corrected chi connectivity index (χ0v) is 10.9. The number of benzene rings is 1. The number of carbonyl (C=O) groups excluding carboxylic acids is 1. The van der Waals surface area contributed by atoms with Gasteiger partial charge in [-0.25, -0.2) is 4.39 Å². The van der Waals surface area contributed by atoms with Gasteiger partial charge >= 0.3 is 0 Å². The van der Waals surface area contributed by atoms with Crippen LogP contribution in [-0.2, 0) is 4.79 Å². The lowest BCUT2D eigenvalue weighted by atomic mass is 9.98. The van der Waals surface area contributed by atoms with Crippen LogP contribution in [0.1, 0.15) is 19.3 Å². The van der Waals surface area contributed by atoms with Gasteiger partial charge in [0.25, 0.3) is 0 Å². The van der Waals surface area contributed by atoms with Crippen LogP contribution >= 0.6 is 11.8 Å². The predicted octanol–water partition coefficient (Wildman–Crippen LogP) is 2.88. The summed E-state index contributed by atoms with van der Waals surface area (Å²) in [6, 6.07) is 4.00. The quantitative estimate of drug-likeness (QED) is 0.829. The molecule has 3 nitrogen and oxygen atoms in total. The maximum Gasteiger partial charge on any atom is 0.224 e. The summed E-state index contributed by atoms with van der Waals surface area (Å²) in [6.45, 7) is 0. The van der Waals surface area contributed by atoms with Gasteiger partial charge in [-0.2, -0.15) is 11.8 Å². The normalized spacial score (nSPS) is 16.5. The zero-order chi connectivity index (χ0) is 13.0. The minimum atomic E-state index is -0.395. The van der Waals surface area contributed by atoms with Crippen LogP contribution in [0.15, 0.2) is 18.2 Å². The molecule has 1 heterocycles. The van der Waals surface area contributed by atoms with Gasteiger partial charge in [0.1, 0.15) is 5.82 Å². The van der Waals surface area contributed by atoms with Crippen molar-refractivity contribution in [3.8, 4) is 0 Å². The Morgan fingerprint density at radius 1 is 1.44 bits per heavy atom. The molecule has 2 rings (SSSR count). The lowest BCUT2D eigenvalue weighted by Gasteiger charge is -2.20. The van der Waals surface area contributed by atoms with Crippen molar-refractivity contribution in [2.24, 2.45) is 5.92 Å². The second-order valence-corrected chi connectivity index (χ2v) is 5.76. The average Bonchev–Trinajstić information content (AvgIpc) is 2.35. The minimum Gasteiger partial charge on any atom is -0.397 e. The molecule has 1 aromatic carbocycles. The molecule has 1 amide bonds. The fourth-order valence-corrected chi connectivity index (χ4v) is 3.25. The minimum absolute atomic E-state index is 0.0794. The molecule has 0 aromatic heterocycles. The first kappa shape index (κ1) is 13.2. The molecule has 5 heteroatoms. The summed E-state index contributed by atoms with van der Waals surface area (Å²) in [4.78, 5) is 11.8. The number of hydrogen-bond donors (Lipinski definition) is 2. The Balaban J connectivity index is 1.92. The van der Waals surface area contributed by atoms with Gasteiger partial charge < -0.3 is 11.1 Å². The molecule has 18 heavy (non-hydrogen) atoms. The van der Waals surface area contributed by atoms with E-state index in [2.05, 4.69) is 5.32 Å². The van der Waals surface area contributed by atoms with Crippen molar-refractivity contribution in [2.45, 2.75) is 19.3 Å². The molecule has 98 valence electrons. The Morgan fingerprint density at radius 2 is 2.17 bits per heavy atom. The molecular formula is C13H17FN2OS. The first-order chi connectivity index (χ1) is 8.65. The molecule has 1 aromatic rings. The molecule has 1 aliphatic rings. The first-order valence-corrected chi connectivity index (χ1v) is 7.23. The largest absolute Gasteiger partial charge is 0.397 e. The highest BCUT2D eigenvalue weighted by Crippen LogP contribution is 2.26. The molecule has 0 saturated carbocycles. The molecule has 0 aliphatic carbocycles. The highest BCUT2D eigenvalue weighted by Gasteiger charge is 2.17. The molecule has 3 N–H and O–H groups in total. The first-order valence-electron chi connectivity index (χ1n) is 6.08. The van der Waals surface area contributed by atoms with E-state index in [1.165, 1.54) is 18.2 Å². The van der Waals surface area contributed by atoms with Crippen molar-refractivity contribution in [1.82, 2.24) is 0 Å². The van der Waals surface area contributed by atoms with E-state index in [4.69, 9.17) is 5.73 Å². The number of hydrogen-bond acceptors (Lipinski definition) is 3. The molecule has 0 atom stereocenters. The van der Waals surface area contributed by atoms with Crippen molar-refractivity contribution in [2.75, 3.05) is 22.6 Å². The van der Waals surface area contributed by atoms with Gasteiger partial charge in [0, 0.05) is 6.42 Å². The van der Waals surface area contributed by atoms with E-state index < -0.39 is 5.82 Å². The molecule has 1 fully saturated rings. The Bertz CT molecular complexity index is 433. The number of nitrogen functional groups attached to an aromatic ring is 1. The van der Waals surface area contributed by atoms with Gasteiger partial charge in [0.15, 0.2) is 0 Å². The van der Waals surface area contributed by atoms with Crippen molar-refractivity contribution in [1.29, 1.82) is 0 Å². The summed E-state index contributed by atoms with van der Waals surface area (Å²) in [5.41, 5.74) is 6.44. The third-order valence-electron chi connectivity index (χ3n) is 3.10. The van der Waals surface area contributed by atoms with E-state index in [9.17, 15) is 9.18 Å². The second kappa shape index (κ2) is 6.09. The lowest BCUT2D eigenvalue weighted by Crippen LogP contribution is -2.20. The summed E-state index contributed by atoms with van der Waals surface area (Å²) in [5, 5.41) is 2.69. The fraction of sp³-hybridized carbons (Fsp3) is 0.462. The van der Waals surface area contributed by atoms with E-state index >= 15 is 0 Å². The summed E-state index contributed by atoms with van der Waals surface area (Å²) in [7, 11) is 0. The smallest absolute Gasteiger partial charge is 0.224 e. The summed E-state index contributed by atoms with van der Waals surface area (Å²) in [5.74, 6) is 2.22. The van der Waals surface area contributed by atoms with Crippen LogP contribution in [0.3, 0.4) is 0 Å². The zero-order valence-electron chi connectivity index (χ0n) is 10.1. The summed E-state index contributed by atoms with van der Waals surface area (Å²) < 4.78 is 13.0. The molecule has 1 saturated heterocycles. The number of anilines is 2. The van der Waals surface area contributed by atoms with Crippen molar-refractivity contribution < 1.29 is 9.18 Å². The van der Waals surface area contributed by atoms with Crippen molar-refractivity contribution in [3.05, 3.63) is 24.0 Å². The number of rotatable bonds is 3. The van der Waals surface area contributed by atoms with Crippen LogP contribution in [0.4, 0.5) is 15.8 Å². The standard InChI is InChI=1S/C13H17FN2OS/c14-10-1-2-11(15)12(8-10)16-13(17)7-9-3-5-18-6-4-9/h1-2,8-9H,3-7,15H2,(H,16,17). The van der Waals surface area contributed by atoms with Gasteiger partial charge in [-0.3, -0.25) is 4.79 Å². The number of halogens is 1. The summed E-state index contributed by atoms with van der Waals surface area (Å²) in [6.07, 6.45) is 2.66. The van der Waals surface area contributed by atoms with Crippen LogP contribution in [0.2, 0.25) is 0 Å². The molecule has 1 aliphatic heterocycles. The van der Waals surface area contributed by atoms with Gasteiger partial charge in [0.05, 0.1) is 11.4 Å². The number of nitrogens with two attached hydrogens (primary N) is 1. The van der Waals surface area contributed by atoms with E-state index in [0.29, 0.717) is 23.7 Å². The van der Waals surface area contributed by atoms with E-state index in [1.807, 2.05) is 11.8 Å². The monoisotopic (exact) mass is 268 g/mol. The Labute approximate surface area is 110 Å². The Hall–Kier alpha value is -1.23. The third kappa shape index (κ3) is 3.63.